The monoisotopic (exact) mass is 287 g/mol. The number of phenols is 1. The molecule has 0 aromatic heterocycles. The quantitative estimate of drug-likeness (QED) is 0.730. The third kappa shape index (κ3) is 4.48. The standard InChI is InChI=1S/C17H21NO3/c1-21-16-7-8-17(20)14(10-16)11-18-15(12-19)9-13-5-3-2-4-6-13/h2-8,10,15,18-20H,9,11-12H2,1H3/t15-/m1/s1. The maximum Gasteiger partial charge on any atom is 0.120 e. The van der Waals surface area contributed by atoms with E-state index in [1.54, 1.807) is 25.3 Å². The van der Waals surface area contributed by atoms with E-state index in [1.165, 1.54) is 5.56 Å². The Labute approximate surface area is 125 Å². The average molecular weight is 287 g/mol. The molecule has 2 rings (SSSR count). The Morgan fingerprint density at radius 3 is 2.57 bits per heavy atom. The van der Waals surface area contributed by atoms with Crippen LogP contribution in [-0.2, 0) is 13.0 Å². The third-order valence-electron chi connectivity index (χ3n) is 3.41. The van der Waals surface area contributed by atoms with Crippen molar-refractivity contribution >= 4 is 0 Å². The summed E-state index contributed by atoms with van der Waals surface area (Å²) in [7, 11) is 1.59. The fraction of sp³-hybridized carbons (Fsp3) is 0.294. The highest BCUT2D eigenvalue weighted by atomic mass is 16.5. The number of hydrogen-bond acceptors (Lipinski definition) is 4. The van der Waals surface area contributed by atoms with Crippen LogP contribution in [0.5, 0.6) is 11.5 Å². The largest absolute Gasteiger partial charge is 0.508 e. The molecular weight excluding hydrogens is 266 g/mol. The number of methoxy groups -OCH3 is 1. The number of benzene rings is 2. The normalized spacial score (nSPS) is 12.1. The number of ether oxygens (including phenoxy) is 1. The van der Waals surface area contributed by atoms with Gasteiger partial charge in [0.05, 0.1) is 13.7 Å². The summed E-state index contributed by atoms with van der Waals surface area (Å²) in [5.41, 5.74) is 1.92. The van der Waals surface area contributed by atoms with E-state index in [0.717, 1.165) is 12.0 Å². The van der Waals surface area contributed by atoms with Crippen molar-refractivity contribution in [2.45, 2.75) is 19.0 Å². The number of phenolic OH excluding ortho intramolecular Hbond substituents is 1. The minimum atomic E-state index is -0.0574. The Bertz CT molecular complexity index is 557. The second kappa shape index (κ2) is 7.67. The van der Waals surface area contributed by atoms with Crippen LogP contribution in [0.3, 0.4) is 0 Å². The lowest BCUT2D eigenvalue weighted by molar-refractivity contribution is 0.240. The third-order valence-corrected chi connectivity index (χ3v) is 3.41. The summed E-state index contributed by atoms with van der Waals surface area (Å²) in [6.45, 7) is 0.515. The number of aliphatic hydroxyl groups excluding tert-OH is 1. The number of aromatic hydroxyl groups is 1. The van der Waals surface area contributed by atoms with Gasteiger partial charge in [0.15, 0.2) is 0 Å². The lowest BCUT2D eigenvalue weighted by atomic mass is 10.1. The average Bonchev–Trinajstić information content (AvgIpc) is 2.53. The van der Waals surface area contributed by atoms with Crippen molar-refractivity contribution in [3.63, 3.8) is 0 Å². The first-order valence-electron chi connectivity index (χ1n) is 6.97. The Morgan fingerprint density at radius 1 is 1.14 bits per heavy atom. The Kier molecular flexibility index (Phi) is 5.60. The molecule has 21 heavy (non-hydrogen) atoms. The fourth-order valence-corrected chi connectivity index (χ4v) is 2.18. The summed E-state index contributed by atoms with van der Waals surface area (Å²) in [6, 6.07) is 15.1. The van der Waals surface area contributed by atoms with Crippen LogP contribution in [0, 0.1) is 0 Å². The molecule has 2 aromatic carbocycles. The highest BCUT2D eigenvalue weighted by molar-refractivity contribution is 5.39. The van der Waals surface area contributed by atoms with Gasteiger partial charge in [-0.25, -0.2) is 0 Å². The topological polar surface area (TPSA) is 61.7 Å². The molecule has 0 aliphatic carbocycles. The molecular formula is C17H21NO3. The molecule has 112 valence electrons. The van der Waals surface area contributed by atoms with E-state index < -0.39 is 0 Å². The molecule has 0 aliphatic heterocycles. The molecule has 1 atom stereocenters. The minimum absolute atomic E-state index is 0.0413. The molecule has 0 unspecified atom stereocenters. The van der Waals surface area contributed by atoms with E-state index in [9.17, 15) is 10.2 Å². The van der Waals surface area contributed by atoms with Gasteiger partial charge in [0.1, 0.15) is 11.5 Å². The van der Waals surface area contributed by atoms with Crippen LogP contribution in [0.1, 0.15) is 11.1 Å². The van der Waals surface area contributed by atoms with Gasteiger partial charge in [0, 0.05) is 18.2 Å². The summed E-state index contributed by atoms with van der Waals surface area (Å²) >= 11 is 0. The molecule has 0 saturated heterocycles. The van der Waals surface area contributed by atoms with Crippen LogP contribution in [0.2, 0.25) is 0 Å². The van der Waals surface area contributed by atoms with Crippen molar-refractivity contribution in [2.24, 2.45) is 0 Å². The van der Waals surface area contributed by atoms with Crippen LogP contribution < -0.4 is 10.1 Å². The van der Waals surface area contributed by atoms with Crippen molar-refractivity contribution in [1.82, 2.24) is 5.32 Å². The number of rotatable bonds is 7. The van der Waals surface area contributed by atoms with E-state index in [4.69, 9.17) is 4.74 Å². The molecule has 4 nitrogen and oxygen atoms in total. The Balaban J connectivity index is 1.97. The maximum absolute atomic E-state index is 9.85. The molecule has 2 aromatic rings. The van der Waals surface area contributed by atoms with Crippen molar-refractivity contribution < 1.29 is 14.9 Å². The van der Waals surface area contributed by atoms with E-state index in [2.05, 4.69) is 5.32 Å². The Hall–Kier alpha value is -2.04. The van der Waals surface area contributed by atoms with Crippen molar-refractivity contribution in [3.05, 3.63) is 59.7 Å². The second-order valence-electron chi connectivity index (χ2n) is 4.94. The lowest BCUT2D eigenvalue weighted by Crippen LogP contribution is -2.34. The van der Waals surface area contributed by atoms with Gasteiger partial charge in [-0.3, -0.25) is 0 Å². The zero-order valence-corrected chi connectivity index (χ0v) is 12.1. The summed E-state index contributed by atoms with van der Waals surface area (Å²) in [5.74, 6) is 0.924. The van der Waals surface area contributed by atoms with Crippen LogP contribution in [0.25, 0.3) is 0 Å². The van der Waals surface area contributed by atoms with Crippen molar-refractivity contribution in [3.8, 4) is 11.5 Å². The van der Waals surface area contributed by atoms with Gasteiger partial charge in [-0.05, 0) is 30.2 Å². The summed E-state index contributed by atoms with van der Waals surface area (Å²) < 4.78 is 5.15. The molecule has 0 aliphatic rings. The van der Waals surface area contributed by atoms with Crippen LogP contribution in [0.4, 0.5) is 0 Å². The first-order chi connectivity index (χ1) is 10.2. The smallest absolute Gasteiger partial charge is 0.120 e. The highest BCUT2D eigenvalue weighted by Gasteiger charge is 2.10. The molecule has 0 saturated carbocycles. The zero-order chi connectivity index (χ0) is 15.1. The minimum Gasteiger partial charge on any atom is -0.508 e. The van der Waals surface area contributed by atoms with Crippen molar-refractivity contribution in [1.29, 1.82) is 0 Å². The van der Waals surface area contributed by atoms with Gasteiger partial charge in [-0.15, -0.1) is 0 Å². The molecule has 0 heterocycles. The molecule has 0 fully saturated rings. The predicted molar refractivity (Wildman–Crippen MR) is 82.5 cm³/mol. The number of hydrogen-bond donors (Lipinski definition) is 3. The van der Waals surface area contributed by atoms with E-state index in [-0.39, 0.29) is 18.4 Å². The molecule has 4 heteroatoms. The molecule has 0 spiro atoms. The molecule has 0 bridgehead atoms. The van der Waals surface area contributed by atoms with Crippen LogP contribution in [0.15, 0.2) is 48.5 Å². The number of aliphatic hydroxyl groups is 1. The Morgan fingerprint density at radius 2 is 1.90 bits per heavy atom. The summed E-state index contributed by atoms with van der Waals surface area (Å²) in [4.78, 5) is 0. The van der Waals surface area contributed by atoms with E-state index in [1.807, 2.05) is 30.3 Å². The predicted octanol–water partition coefficient (Wildman–Crippen LogP) is 2.09. The molecule has 0 radical (unpaired) electrons. The second-order valence-corrected chi connectivity index (χ2v) is 4.94. The van der Waals surface area contributed by atoms with Gasteiger partial charge >= 0.3 is 0 Å². The first kappa shape index (κ1) is 15.4. The van der Waals surface area contributed by atoms with Gasteiger partial charge in [-0.2, -0.15) is 0 Å². The first-order valence-corrected chi connectivity index (χ1v) is 6.97. The van der Waals surface area contributed by atoms with Gasteiger partial charge in [0.2, 0.25) is 0 Å². The number of nitrogens with one attached hydrogen (secondary N) is 1. The lowest BCUT2D eigenvalue weighted by Gasteiger charge is -2.17. The summed E-state index contributed by atoms with van der Waals surface area (Å²) in [5, 5.41) is 22.6. The highest BCUT2D eigenvalue weighted by Crippen LogP contribution is 2.22. The van der Waals surface area contributed by atoms with E-state index >= 15 is 0 Å². The fourth-order valence-electron chi connectivity index (χ4n) is 2.18. The van der Waals surface area contributed by atoms with Gasteiger partial charge in [0.25, 0.3) is 0 Å². The zero-order valence-electron chi connectivity index (χ0n) is 12.1. The summed E-state index contributed by atoms with van der Waals surface area (Å²) in [6.07, 6.45) is 0.738. The molecule has 3 N–H and O–H groups in total. The van der Waals surface area contributed by atoms with Gasteiger partial charge < -0.3 is 20.3 Å². The van der Waals surface area contributed by atoms with Crippen LogP contribution >= 0.6 is 0 Å². The van der Waals surface area contributed by atoms with Gasteiger partial charge in [-0.1, -0.05) is 30.3 Å². The molecule has 0 amide bonds. The van der Waals surface area contributed by atoms with E-state index in [0.29, 0.717) is 12.3 Å². The SMILES string of the molecule is COc1ccc(O)c(CN[C@@H](CO)Cc2ccccc2)c1. The maximum atomic E-state index is 9.85. The van der Waals surface area contributed by atoms with Crippen molar-refractivity contribution in [2.75, 3.05) is 13.7 Å². The van der Waals surface area contributed by atoms with Crippen LogP contribution in [-0.4, -0.2) is 30.0 Å².